The van der Waals surface area contributed by atoms with Crippen molar-refractivity contribution in [1.82, 2.24) is 5.01 Å². The Morgan fingerprint density at radius 3 is 2.57 bits per heavy atom. The van der Waals surface area contributed by atoms with Gasteiger partial charge in [0, 0.05) is 0 Å². The number of rotatable bonds is 0. The number of hydrogen-bond acceptors (Lipinski definition) is 2. The minimum Gasteiger partial charge on any atom is -0.168 e. The van der Waals surface area contributed by atoms with E-state index in [4.69, 9.17) is 0 Å². The zero-order valence-electron chi connectivity index (χ0n) is 4.76. The predicted molar refractivity (Wildman–Crippen MR) is 26.1 cm³/mol. The van der Waals surface area contributed by atoms with Crippen molar-refractivity contribution in [3.05, 3.63) is 0 Å². The van der Waals surface area contributed by atoms with Gasteiger partial charge in [-0.25, -0.2) is 0 Å². The molecule has 7 heavy (non-hydrogen) atoms. The molecule has 0 saturated carbocycles. The minimum atomic E-state index is 1.07. The maximum Gasteiger partial charge on any atom is 0.146 e. The van der Waals surface area contributed by atoms with Crippen LogP contribution in [0.2, 0.25) is 0 Å². The molecular formula is C4H10N3+. The number of hydrogen-bond donors (Lipinski definition) is 0. The first-order valence-electron chi connectivity index (χ1n) is 2.43. The smallest absolute Gasteiger partial charge is 0.146 e. The third-order valence-electron chi connectivity index (χ3n) is 1.05. The quantitative estimate of drug-likeness (QED) is 0.390. The monoisotopic (exact) mass is 100 g/mol. The SMILES string of the molecule is CN1CC[N+](C)=N1. The molecule has 3 heteroatoms. The van der Waals surface area contributed by atoms with E-state index in [-0.39, 0.29) is 0 Å². The predicted octanol–water partition coefficient (Wildman–Crippen LogP) is -0.0587. The van der Waals surface area contributed by atoms with Crippen LogP contribution in [0.15, 0.2) is 5.22 Å². The van der Waals surface area contributed by atoms with Crippen LogP contribution in [-0.4, -0.2) is 36.9 Å². The van der Waals surface area contributed by atoms with Gasteiger partial charge in [0.2, 0.25) is 0 Å². The highest BCUT2D eigenvalue weighted by molar-refractivity contribution is 4.38. The maximum absolute atomic E-state index is 4.06. The Bertz CT molecular complexity index is 97.1. The molecule has 0 N–H and O–H groups in total. The second-order valence-electron chi connectivity index (χ2n) is 1.85. The lowest BCUT2D eigenvalue weighted by molar-refractivity contribution is -0.555. The van der Waals surface area contributed by atoms with Crippen LogP contribution >= 0.6 is 0 Å². The van der Waals surface area contributed by atoms with Crippen molar-refractivity contribution in [2.45, 2.75) is 0 Å². The Morgan fingerprint density at radius 1 is 1.71 bits per heavy atom. The molecule has 0 fully saturated rings. The van der Waals surface area contributed by atoms with Crippen molar-refractivity contribution in [3.8, 4) is 0 Å². The van der Waals surface area contributed by atoms with Gasteiger partial charge in [-0.3, -0.25) is 0 Å². The molecule has 0 aromatic heterocycles. The van der Waals surface area contributed by atoms with Crippen molar-refractivity contribution >= 4 is 0 Å². The van der Waals surface area contributed by atoms with E-state index in [0.717, 1.165) is 13.1 Å². The van der Waals surface area contributed by atoms with Gasteiger partial charge in [-0.05, 0) is 0 Å². The standard InChI is InChI=1S/C4H10N3/c1-6-3-4-7(2)5-6/h3-4H2,1-2H3/q+1. The largest absolute Gasteiger partial charge is 0.168 e. The molecule has 1 aliphatic rings. The normalized spacial score (nSPS) is 20.3. The second kappa shape index (κ2) is 1.48. The summed E-state index contributed by atoms with van der Waals surface area (Å²) in [5.41, 5.74) is 0. The molecular weight excluding hydrogens is 90.1 g/mol. The average Bonchev–Trinajstić information content (AvgIpc) is 1.87. The van der Waals surface area contributed by atoms with E-state index in [2.05, 4.69) is 5.22 Å². The van der Waals surface area contributed by atoms with Crippen molar-refractivity contribution < 1.29 is 4.70 Å². The first-order chi connectivity index (χ1) is 3.29. The van der Waals surface area contributed by atoms with Gasteiger partial charge in [0.05, 0.1) is 19.3 Å². The van der Waals surface area contributed by atoms with Crippen molar-refractivity contribution in [3.63, 3.8) is 0 Å². The van der Waals surface area contributed by atoms with E-state index in [9.17, 15) is 0 Å². The molecule has 0 unspecified atom stereocenters. The number of likely N-dealkylation sites (N-methyl/N-ethyl adjacent to an activating group) is 2. The van der Waals surface area contributed by atoms with Crippen LogP contribution in [0, 0.1) is 0 Å². The summed E-state index contributed by atoms with van der Waals surface area (Å²) < 4.78 is 1.93. The molecule has 0 atom stereocenters. The maximum atomic E-state index is 4.06. The van der Waals surface area contributed by atoms with E-state index in [1.165, 1.54) is 0 Å². The van der Waals surface area contributed by atoms with E-state index in [0.29, 0.717) is 0 Å². The molecule has 1 aliphatic heterocycles. The topological polar surface area (TPSA) is 18.6 Å². The first kappa shape index (κ1) is 4.56. The van der Waals surface area contributed by atoms with Gasteiger partial charge in [0.1, 0.15) is 13.1 Å². The Balaban J connectivity index is 2.50. The van der Waals surface area contributed by atoms with Gasteiger partial charge in [-0.2, -0.15) is 9.71 Å². The molecule has 0 spiro atoms. The van der Waals surface area contributed by atoms with Crippen LogP contribution in [-0.2, 0) is 0 Å². The van der Waals surface area contributed by atoms with Crippen molar-refractivity contribution in [2.24, 2.45) is 5.22 Å². The van der Waals surface area contributed by atoms with E-state index in [1.807, 2.05) is 23.8 Å². The van der Waals surface area contributed by atoms with Crippen LogP contribution in [0.25, 0.3) is 0 Å². The summed E-state index contributed by atoms with van der Waals surface area (Å²) >= 11 is 0. The Hall–Kier alpha value is -0.600. The summed E-state index contributed by atoms with van der Waals surface area (Å²) in [5.74, 6) is 0. The van der Waals surface area contributed by atoms with Crippen molar-refractivity contribution in [1.29, 1.82) is 0 Å². The van der Waals surface area contributed by atoms with Crippen LogP contribution in [0.5, 0.6) is 0 Å². The lowest BCUT2D eigenvalue weighted by Crippen LogP contribution is -2.07. The lowest BCUT2D eigenvalue weighted by atomic mass is 10.6. The van der Waals surface area contributed by atoms with Gasteiger partial charge in [0.25, 0.3) is 0 Å². The third-order valence-corrected chi connectivity index (χ3v) is 1.05. The molecule has 1 heterocycles. The molecule has 0 radical (unpaired) electrons. The summed E-state index contributed by atoms with van der Waals surface area (Å²) in [6.07, 6.45) is 0. The molecule has 1 rings (SSSR count). The van der Waals surface area contributed by atoms with Crippen LogP contribution in [0.1, 0.15) is 0 Å². The highest BCUT2D eigenvalue weighted by atomic mass is 15.6. The van der Waals surface area contributed by atoms with Crippen LogP contribution < -0.4 is 0 Å². The molecule has 0 aromatic carbocycles. The fraction of sp³-hybridized carbons (Fsp3) is 1.00. The number of nitrogens with zero attached hydrogens (tertiary/aromatic N) is 3. The highest BCUT2D eigenvalue weighted by Crippen LogP contribution is 1.91. The van der Waals surface area contributed by atoms with Gasteiger partial charge >= 0.3 is 0 Å². The fourth-order valence-electron chi connectivity index (χ4n) is 0.640. The van der Waals surface area contributed by atoms with Gasteiger partial charge < -0.3 is 0 Å². The second-order valence-corrected chi connectivity index (χ2v) is 1.85. The zero-order chi connectivity index (χ0) is 5.28. The Labute approximate surface area is 43.2 Å². The summed E-state index contributed by atoms with van der Waals surface area (Å²) in [4.78, 5) is 0. The fourth-order valence-corrected chi connectivity index (χ4v) is 0.640. The summed E-state index contributed by atoms with van der Waals surface area (Å²) in [6.45, 7) is 2.13. The zero-order valence-corrected chi connectivity index (χ0v) is 4.76. The Morgan fingerprint density at radius 2 is 2.43 bits per heavy atom. The lowest BCUT2D eigenvalue weighted by Gasteiger charge is -1.86. The third kappa shape index (κ3) is 0.885. The molecule has 0 amide bonds. The Kier molecular flexibility index (Phi) is 0.964. The summed E-state index contributed by atoms with van der Waals surface area (Å²) in [7, 11) is 3.95. The molecule has 0 saturated heterocycles. The summed E-state index contributed by atoms with van der Waals surface area (Å²) in [6, 6.07) is 0. The first-order valence-corrected chi connectivity index (χ1v) is 2.43. The van der Waals surface area contributed by atoms with Crippen molar-refractivity contribution in [2.75, 3.05) is 27.2 Å². The van der Waals surface area contributed by atoms with E-state index in [1.54, 1.807) is 0 Å². The molecule has 0 aliphatic carbocycles. The van der Waals surface area contributed by atoms with Gasteiger partial charge in [0.15, 0.2) is 0 Å². The molecule has 3 nitrogen and oxygen atoms in total. The summed E-state index contributed by atoms with van der Waals surface area (Å²) in [5, 5.41) is 5.99. The van der Waals surface area contributed by atoms with Gasteiger partial charge in [-0.1, -0.05) is 0 Å². The molecule has 0 aromatic rings. The minimum absolute atomic E-state index is 1.07. The van der Waals surface area contributed by atoms with Crippen LogP contribution in [0.3, 0.4) is 0 Å². The average molecular weight is 100 g/mol. The van der Waals surface area contributed by atoms with E-state index >= 15 is 0 Å². The van der Waals surface area contributed by atoms with Gasteiger partial charge in [-0.15, -0.1) is 0 Å². The molecule has 0 bridgehead atoms. The molecule has 40 valence electrons. The van der Waals surface area contributed by atoms with Crippen LogP contribution in [0.4, 0.5) is 0 Å². The van der Waals surface area contributed by atoms with E-state index < -0.39 is 0 Å². The highest BCUT2D eigenvalue weighted by Gasteiger charge is 2.11.